The van der Waals surface area contributed by atoms with Gasteiger partial charge in [0.2, 0.25) is 0 Å². The number of phenolic OH excluding ortho intramolecular Hbond substituents is 1. The summed E-state index contributed by atoms with van der Waals surface area (Å²) in [4.78, 5) is 9.02. The van der Waals surface area contributed by atoms with Gasteiger partial charge in [0.1, 0.15) is 18.3 Å². The van der Waals surface area contributed by atoms with E-state index in [1.54, 1.807) is 6.07 Å². The lowest BCUT2D eigenvalue weighted by Crippen LogP contribution is -2.62. The van der Waals surface area contributed by atoms with Crippen LogP contribution in [-0.4, -0.2) is 46.7 Å². The molecule has 3 rings (SSSR count). The van der Waals surface area contributed by atoms with E-state index in [0.717, 1.165) is 24.4 Å². The van der Waals surface area contributed by atoms with E-state index in [1.807, 2.05) is 35.4 Å². The molecule has 2 aliphatic heterocycles. The maximum absolute atomic E-state index is 10.0. The van der Waals surface area contributed by atoms with Crippen molar-refractivity contribution in [3.63, 3.8) is 0 Å². The zero-order chi connectivity index (χ0) is 18.2. The number of nitrogens with one attached hydrogen (secondary N) is 1. The number of aliphatic imine (C=N–C) groups is 1. The van der Waals surface area contributed by atoms with Crippen LogP contribution in [0.2, 0.25) is 0 Å². The molecule has 2 N–H and O–H groups in total. The SMILES string of the molecule is CN(C1=NCN(c2ccccc2O)C=C1)C1CC(C)(C)NC(C)(C)C1. The van der Waals surface area contributed by atoms with Crippen molar-refractivity contribution in [1.29, 1.82) is 0 Å². The monoisotopic (exact) mass is 342 g/mol. The molecule has 0 saturated carbocycles. The molecule has 25 heavy (non-hydrogen) atoms. The van der Waals surface area contributed by atoms with Crippen molar-refractivity contribution in [3.05, 3.63) is 36.5 Å². The van der Waals surface area contributed by atoms with E-state index in [1.165, 1.54) is 0 Å². The molecule has 0 aliphatic carbocycles. The summed E-state index contributed by atoms with van der Waals surface area (Å²) in [5.74, 6) is 1.28. The van der Waals surface area contributed by atoms with E-state index in [0.29, 0.717) is 12.7 Å². The van der Waals surface area contributed by atoms with Gasteiger partial charge in [-0.25, -0.2) is 4.99 Å². The van der Waals surface area contributed by atoms with Crippen LogP contribution in [0.25, 0.3) is 0 Å². The summed E-state index contributed by atoms with van der Waals surface area (Å²) in [5.41, 5.74) is 1.01. The number of rotatable bonds is 2. The van der Waals surface area contributed by atoms with Crippen LogP contribution in [0.3, 0.4) is 0 Å². The summed E-state index contributed by atoms with van der Waals surface area (Å²) in [6.07, 6.45) is 6.22. The molecule has 136 valence electrons. The summed E-state index contributed by atoms with van der Waals surface area (Å²) in [6.45, 7) is 9.60. The van der Waals surface area contributed by atoms with Gasteiger partial charge < -0.3 is 20.2 Å². The van der Waals surface area contributed by atoms with Gasteiger partial charge in [0, 0.05) is 30.4 Å². The van der Waals surface area contributed by atoms with Crippen molar-refractivity contribution in [2.24, 2.45) is 4.99 Å². The molecule has 1 saturated heterocycles. The lowest BCUT2D eigenvalue weighted by Gasteiger charge is -2.49. The zero-order valence-corrected chi connectivity index (χ0v) is 16.0. The Bertz CT molecular complexity index is 677. The van der Waals surface area contributed by atoms with Crippen LogP contribution in [0.5, 0.6) is 5.75 Å². The largest absolute Gasteiger partial charge is 0.506 e. The number of piperidine rings is 1. The normalized spacial score (nSPS) is 22.6. The number of amidine groups is 1. The number of phenols is 1. The molecule has 0 radical (unpaired) electrons. The Kier molecular flexibility index (Phi) is 4.54. The van der Waals surface area contributed by atoms with Crippen molar-refractivity contribution in [1.82, 2.24) is 10.2 Å². The number of nitrogens with zero attached hydrogens (tertiary/aromatic N) is 3. The lowest BCUT2D eigenvalue weighted by molar-refractivity contribution is 0.114. The molecule has 0 unspecified atom stereocenters. The summed E-state index contributed by atoms with van der Waals surface area (Å²) in [7, 11) is 2.14. The second-order valence-electron chi connectivity index (χ2n) is 8.50. The van der Waals surface area contributed by atoms with Crippen LogP contribution in [0.1, 0.15) is 40.5 Å². The van der Waals surface area contributed by atoms with Crippen molar-refractivity contribution < 1.29 is 5.11 Å². The van der Waals surface area contributed by atoms with Gasteiger partial charge in [0.05, 0.1) is 5.69 Å². The number of likely N-dealkylation sites (N-methyl/N-ethyl adjacent to an activating group) is 1. The highest BCUT2D eigenvalue weighted by atomic mass is 16.3. The summed E-state index contributed by atoms with van der Waals surface area (Å²) in [5, 5.41) is 13.7. The fraction of sp³-hybridized carbons (Fsp3) is 0.550. The molecule has 2 heterocycles. The minimum Gasteiger partial charge on any atom is -0.506 e. The van der Waals surface area contributed by atoms with Gasteiger partial charge in [-0.1, -0.05) is 12.1 Å². The number of anilines is 1. The fourth-order valence-corrected chi connectivity index (χ4v) is 4.23. The minimum absolute atomic E-state index is 0.113. The van der Waals surface area contributed by atoms with Crippen molar-refractivity contribution in [3.8, 4) is 5.75 Å². The smallest absolute Gasteiger partial charge is 0.139 e. The standard InChI is InChI=1S/C20H30N4O/c1-19(2)12-15(13-20(3,4)22-19)23(5)18-10-11-24(14-21-18)16-8-6-7-9-17(16)25/h6-11,15,22,25H,12-14H2,1-5H3. The molecular formula is C20H30N4O. The van der Waals surface area contributed by atoms with Crippen LogP contribution in [0.15, 0.2) is 41.5 Å². The number of para-hydroxylation sites is 2. The second kappa shape index (κ2) is 6.37. The Hall–Kier alpha value is -2.01. The van der Waals surface area contributed by atoms with Gasteiger partial charge in [-0.3, -0.25) is 0 Å². The van der Waals surface area contributed by atoms with Gasteiger partial charge in [0.15, 0.2) is 0 Å². The molecule has 1 aromatic carbocycles. The summed E-state index contributed by atoms with van der Waals surface area (Å²) in [6, 6.07) is 7.81. The van der Waals surface area contributed by atoms with Crippen molar-refractivity contribution in [2.45, 2.75) is 57.7 Å². The third-order valence-corrected chi connectivity index (χ3v) is 5.06. The Morgan fingerprint density at radius 3 is 2.36 bits per heavy atom. The number of benzene rings is 1. The molecule has 0 aromatic heterocycles. The maximum atomic E-state index is 10.0. The first-order chi connectivity index (χ1) is 11.7. The van der Waals surface area contributed by atoms with Crippen LogP contribution >= 0.6 is 0 Å². The summed E-state index contributed by atoms with van der Waals surface area (Å²) < 4.78 is 0. The van der Waals surface area contributed by atoms with E-state index in [2.05, 4.69) is 45.0 Å². The molecule has 0 amide bonds. The van der Waals surface area contributed by atoms with E-state index >= 15 is 0 Å². The molecule has 0 atom stereocenters. The van der Waals surface area contributed by atoms with Crippen LogP contribution in [-0.2, 0) is 0 Å². The first-order valence-corrected chi connectivity index (χ1v) is 8.96. The Balaban J connectivity index is 1.71. The minimum atomic E-state index is 0.113. The topological polar surface area (TPSA) is 51.1 Å². The molecule has 5 nitrogen and oxygen atoms in total. The predicted molar refractivity (Wildman–Crippen MR) is 104 cm³/mol. The number of hydrogen-bond donors (Lipinski definition) is 2. The average Bonchev–Trinajstić information content (AvgIpc) is 2.52. The third kappa shape index (κ3) is 3.98. The molecule has 0 bridgehead atoms. The summed E-state index contributed by atoms with van der Waals surface area (Å²) >= 11 is 0. The van der Waals surface area contributed by atoms with Gasteiger partial charge in [-0.05, 0) is 58.7 Å². The van der Waals surface area contributed by atoms with Gasteiger partial charge >= 0.3 is 0 Å². The first-order valence-electron chi connectivity index (χ1n) is 8.96. The Labute approximate surface area is 151 Å². The highest BCUT2D eigenvalue weighted by Gasteiger charge is 2.39. The highest BCUT2D eigenvalue weighted by molar-refractivity contribution is 5.94. The van der Waals surface area contributed by atoms with Crippen LogP contribution < -0.4 is 10.2 Å². The van der Waals surface area contributed by atoms with E-state index in [4.69, 9.17) is 4.99 Å². The molecule has 0 spiro atoms. The van der Waals surface area contributed by atoms with Gasteiger partial charge in [0.25, 0.3) is 0 Å². The van der Waals surface area contributed by atoms with E-state index in [-0.39, 0.29) is 16.8 Å². The van der Waals surface area contributed by atoms with E-state index in [9.17, 15) is 5.11 Å². The maximum Gasteiger partial charge on any atom is 0.139 e. The Morgan fingerprint density at radius 1 is 1.16 bits per heavy atom. The van der Waals surface area contributed by atoms with Crippen LogP contribution in [0, 0.1) is 0 Å². The van der Waals surface area contributed by atoms with Crippen LogP contribution in [0.4, 0.5) is 5.69 Å². The van der Waals surface area contributed by atoms with Gasteiger partial charge in [-0.2, -0.15) is 0 Å². The quantitative estimate of drug-likeness (QED) is 0.866. The van der Waals surface area contributed by atoms with Crippen molar-refractivity contribution >= 4 is 11.5 Å². The average molecular weight is 342 g/mol. The highest BCUT2D eigenvalue weighted by Crippen LogP contribution is 2.32. The number of hydrogen-bond acceptors (Lipinski definition) is 5. The molecule has 2 aliphatic rings. The molecule has 1 fully saturated rings. The zero-order valence-electron chi connectivity index (χ0n) is 16.0. The van der Waals surface area contributed by atoms with Gasteiger partial charge in [-0.15, -0.1) is 0 Å². The first kappa shape index (κ1) is 17.8. The molecule has 1 aromatic rings. The molecular weight excluding hydrogens is 312 g/mol. The second-order valence-corrected chi connectivity index (χ2v) is 8.50. The Morgan fingerprint density at radius 2 is 1.80 bits per heavy atom. The lowest BCUT2D eigenvalue weighted by atomic mass is 9.79. The third-order valence-electron chi connectivity index (χ3n) is 5.06. The predicted octanol–water partition coefficient (Wildman–Crippen LogP) is 3.32. The fourth-order valence-electron chi connectivity index (χ4n) is 4.23. The number of aromatic hydroxyl groups is 1. The molecule has 5 heteroatoms. The van der Waals surface area contributed by atoms with Crippen molar-refractivity contribution in [2.75, 3.05) is 18.6 Å². The van der Waals surface area contributed by atoms with E-state index < -0.39 is 0 Å².